The fraction of sp³-hybridized carbons (Fsp3) is 0.538. The zero-order valence-corrected chi connectivity index (χ0v) is 12.2. The summed E-state index contributed by atoms with van der Waals surface area (Å²) >= 11 is 5.34. The monoisotopic (exact) mass is 304 g/mol. The van der Waals surface area contributed by atoms with Crippen molar-refractivity contribution in [2.75, 3.05) is 11.1 Å². The number of benzene rings is 1. The van der Waals surface area contributed by atoms with Crippen LogP contribution in [0.5, 0.6) is 0 Å². The molecule has 0 aliphatic carbocycles. The standard InChI is InChI=1S/C13H18BrFS/c1-3-13(4-2,9-14)10-16-12-7-5-6-11(15)8-12/h5-8H,3-4,9-10H2,1-2H3. The molecule has 1 aromatic carbocycles. The molecule has 0 nitrogen and oxygen atoms in total. The van der Waals surface area contributed by atoms with Gasteiger partial charge in [0.1, 0.15) is 5.82 Å². The molecule has 0 heterocycles. The summed E-state index contributed by atoms with van der Waals surface area (Å²) in [6.07, 6.45) is 2.30. The Kier molecular flexibility index (Phi) is 5.84. The Morgan fingerprint density at radius 1 is 1.31 bits per heavy atom. The lowest BCUT2D eigenvalue weighted by molar-refractivity contribution is 0.359. The second-order valence-electron chi connectivity index (χ2n) is 4.09. The second-order valence-corrected chi connectivity index (χ2v) is 5.70. The molecule has 0 amide bonds. The van der Waals surface area contributed by atoms with E-state index < -0.39 is 0 Å². The Labute approximate surface area is 110 Å². The first-order valence-electron chi connectivity index (χ1n) is 5.60. The van der Waals surface area contributed by atoms with Crippen LogP contribution < -0.4 is 0 Å². The molecule has 0 fully saturated rings. The molecule has 0 aliphatic heterocycles. The van der Waals surface area contributed by atoms with Crippen LogP contribution in [0, 0.1) is 11.2 Å². The van der Waals surface area contributed by atoms with Crippen LogP contribution in [0.15, 0.2) is 29.2 Å². The van der Waals surface area contributed by atoms with Crippen molar-refractivity contribution in [1.29, 1.82) is 0 Å². The Morgan fingerprint density at radius 3 is 2.50 bits per heavy atom. The molecular weight excluding hydrogens is 287 g/mol. The van der Waals surface area contributed by atoms with Crippen LogP contribution in [0.3, 0.4) is 0 Å². The molecule has 0 saturated heterocycles. The number of halogens is 2. The topological polar surface area (TPSA) is 0 Å². The van der Waals surface area contributed by atoms with Gasteiger partial charge < -0.3 is 0 Å². The van der Waals surface area contributed by atoms with E-state index in [4.69, 9.17) is 0 Å². The number of hydrogen-bond acceptors (Lipinski definition) is 1. The molecule has 0 saturated carbocycles. The zero-order valence-electron chi connectivity index (χ0n) is 9.80. The van der Waals surface area contributed by atoms with Crippen molar-refractivity contribution in [2.24, 2.45) is 5.41 Å². The zero-order chi connectivity index (χ0) is 12.0. The maximum Gasteiger partial charge on any atom is 0.124 e. The minimum Gasteiger partial charge on any atom is -0.207 e. The van der Waals surface area contributed by atoms with E-state index in [1.807, 2.05) is 6.07 Å². The fourth-order valence-corrected chi connectivity index (χ4v) is 4.08. The molecular formula is C13H18BrFS. The first kappa shape index (κ1) is 14.0. The highest BCUT2D eigenvalue weighted by molar-refractivity contribution is 9.09. The highest BCUT2D eigenvalue weighted by Gasteiger charge is 2.24. The molecule has 0 radical (unpaired) electrons. The minimum atomic E-state index is -0.151. The minimum absolute atomic E-state index is 0.151. The number of alkyl halides is 1. The van der Waals surface area contributed by atoms with Gasteiger partial charge in [-0.3, -0.25) is 0 Å². The summed E-state index contributed by atoms with van der Waals surface area (Å²) in [5.74, 6) is 0.886. The second kappa shape index (κ2) is 6.65. The highest BCUT2D eigenvalue weighted by atomic mass is 79.9. The van der Waals surface area contributed by atoms with Crippen molar-refractivity contribution < 1.29 is 4.39 Å². The third kappa shape index (κ3) is 3.77. The van der Waals surface area contributed by atoms with Crippen LogP contribution in [0.25, 0.3) is 0 Å². The van der Waals surface area contributed by atoms with E-state index in [9.17, 15) is 4.39 Å². The molecule has 0 aromatic heterocycles. The predicted octanol–water partition coefficient (Wildman–Crippen LogP) is 5.12. The summed E-state index contributed by atoms with van der Waals surface area (Å²) in [7, 11) is 0. The largest absolute Gasteiger partial charge is 0.207 e. The number of thioether (sulfide) groups is 1. The number of rotatable bonds is 6. The molecule has 90 valence electrons. The molecule has 0 N–H and O–H groups in total. The number of hydrogen-bond donors (Lipinski definition) is 0. The molecule has 0 unspecified atom stereocenters. The lowest BCUT2D eigenvalue weighted by atomic mass is 9.87. The smallest absolute Gasteiger partial charge is 0.124 e. The lowest BCUT2D eigenvalue weighted by Crippen LogP contribution is -2.23. The Balaban J connectivity index is 2.62. The first-order valence-corrected chi connectivity index (χ1v) is 7.71. The molecule has 1 aromatic rings. The van der Waals surface area contributed by atoms with E-state index in [0.717, 1.165) is 28.8 Å². The third-order valence-electron chi connectivity index (χ3n) is 3.12. The summed E-state index contributed by atoms with van der Waals surface area (Å²) in [5, 5.41) is 1.01. The van der Waals surface area contributed by atoms with Gasteiger partial charge in [-0.05, 0) is 36.5 Å². The van der Waals surface area contributed by atoms with E-state index in [2.05, 4.69) is 29.8 Å². The van der Waals surface area contributed by atoms with E-state index in [1.165, 1.54) is 6.07 Å². The SMILES string of the molecule is CCC(CC)(CBr)CSc1cccc(F)c1. The average molecular weight is 305 g/mol. The normalized spacial score (nSPS) is 11.8. The molecule has 1 rings (SSSR count). The predicted molar refractivity (Wildman–Crippen MR) is 73.9 cm³/mol. The van der Waals surface area contributed by atoms with E-state index in [1.54, 1.807) is 23.9 Å². The van der Waals surface area contributed by atoms with Gasteiger partial charge in [0.25, 0.3) is 0 Å². The average Bonchev–Trinajstić information content (AvgIpc) is 2.32. The molecule has 3 heteroatoms. The van der Waals surface area contributed by atoms with Gasteiger partial charge >= 0.3 is 0 Å². The van der Waals surface area contributed by atoms with Crippen LogP contribution in [0.1, 0.15) is 26.7 Å². The van der Waals surface area contributed by atoms with Gasteiger partial charge in [-0.15, -0.1) is 11.8 Å². The molecule has 16 heavy (non-hydrogen) atoms. The summed E-state index contributed by atoms with van der Waals surface area (Å²) in [5.41, 5.74) is 0.330. The summed E-state index contributed by atoms with van der Waals surface area (Å²) < 4.78 is 13.0. The molecule has 0 aliphatic rings. The van der Waals surface area contributed by atoms with Crippen LogP contribution in [-0.4, -0.2) is 11.1 Å². The van der Waals surface area contributed by atoms with Crippen molar-refractivity contribution in [3.8, 4) is 0 Å². The van der Waals surface area contributed by atoms with Gasteiger partial charge in [-0.2, -0.15) is 0 Å². The lowest BCUT2D eigenvalue weighted by Gasteiger charge is -2.28. The van der Waals surface area contributed by atoms with Crippen LogP contribution in [-0.2, 0) is 0 Å². The van der Waals surface area contributed by atoms with E-state index in [0.29, 0.717) is 5.41 Å². The summed E-state index contributed by atoms with van der Waals surface area (Å²) in [6, 6.07) is 6.83. The summed E-state index contributed by atoms with van der Waals surface area (Å²) in [4.78, 5) is 1.02. The molecule has 0 atom stereocenters. The Morgan fingerprint density at radius 2 is 2.00 bits per heavy atom. The van der Waals surface area contributed by atoms with Gasteiger partial charge in [0.15, 0.2) is 0 Å². The third-order valence-corrected chi connectivity index (χ3v) is 5.66. The van der Waals surface area contributed by atoms with Crippen LogP contribution in [0.4, 0.5) is 4.39 Å². The van der Waals surface area contributed by atoms with Gasteiger partial charge in [-0.25, -0.2) is 4.39 Å². The first-order chi connectivity index (χ1) is 7.65. The van der Waals surface area contributed by atoms with Crippen molar-refractivity contribution in [1.82, 2.24) is 0 Å². The van der Waals surface area contributed by atoms with Crippen molar-refractivity contribution in [2.45, 2.75) is 31.6 Å². The fourth-order valence-electron chi connectivity index (χ4n) is 1.47. The maximum atomic E-state index is 13.0. The molecule has 0 bridgehead atoms. The van der Waals surface area contributed by atoms with Crippen LogP contribution in [0.2, 0.25) is 0 Å². The Bertz CT molecular complexity index is 315. The van der Waals surface area contributed by atoms with Gasteiger partial charge in [0, 0.05) is 16.0 Å². The highest BCUT2D eigenvalue weighted by Crippen LogP contribution is 2.35. The maximum absolute atomic E-state index is 13.0. The van der Waals surface area contributed by atoms with Crippen molar-refractivity contribution in [3.05, 3.63) is 30.1 Å². The van der Waals surface area contributed by atoms with Gasteiger partial charge in [-0.1, -0.05) is 35.8 Å². The van der Waals surface area contributed by atoms with E-state index >= 15 is 0 Å². The van der Waals surface area contributed by atoms with Crippen molar-refractivity contribution in [3.63, 3.8) is 0 Å². The van der Waals surface area contributed by atoms with Crippen LogP contribution >= 0.6 is 27.7 Å². The Hall–Kier alpha value is -0.0200. The van der Waals surface area contributed by atoms with E-state index in [-0.39, 0.29) is 5.82 Å². The van der Waals surface area contributed by atoms with Gasteiger partial charge in [0.2, 0.25) is 0 Å². The quantitative estimate of drug-likeness (QED) is 0.519. The summed E-state index contributed by atoms with van der Waals surface area (Å²) in [6.45, 7) is 4.44. The van der Waals surface area contributed by atoms with Crippen molar-refractivity contribution >= 4 is 27.7 Å². The molecule has 0 spiro atoms. The van der Waals surface area contributed by atoms with Gasteiger partial charge in [0.05, 0.1) is 0 Å².